The van der Waals surface area contributed by atoms with Gasteiger partial charge in [-0.05, 0) is 0 Å². The first-order valence-electron chi connectivity index (χ1n) is 4.92. The van der Waals surface area contributed by atoms with Gasteiger partial charge in [0.05, 0.1) is 0 Å². The van der Waals surface area contributed by atoms with Crippen LogP contribution in [0, 0.1) is 0 Å². The molecule has 9 heteroatoms. The summed E-state index contributed by atoms with van der Waals surface area (Å²) >= 11 is -0.730. The molecule has 0 atom stereocenters. The van der Waals surface area contributed by atoms with Crippen LogP contribution in [0.15, 0.2) is 24.3 Å². The SMILES string of the molecule is O=S(=O)([O-])CCC[Te]c1ccc(C(F)(F)F)cc1.[Na+]. The minimum atomic E-state index is -4.34. The summed E-state index contributed by atoms with van der Waals surface area (Å²) in [5, 5.41) is 0. The second kappa shape index (κ2) is 8.23. The van der Waals surface area contributed by atoms with Crippen LogP contribution in [-0.4, -0.2) is 39.6 Å². The van der Waals surface area contributed by atoms with E-state index in [1.165, 1.54) is 12.1 Å². The third-order valence-corrected chi connectivity index (χ3v) is 5.91. The molecule has 0 amide bonds. The predicted molar refractivity (Wildman–Crippen MR) is 60.8 cm³/mol. The summed E-state index contributed by atoms with van der Waals surface area (Å²) in [7, 11) is -4.18. The number of hydrogen-bond acceptors (Lipinski definition) is 3. The smallest absolute Gasteiger partial charge is 1.00 e. The summed E-state index contributed by atoms with van der Waals surface area (Å²) < 4.78 is 69.2. The summed E-state index contributed by atoms with van der Waals surface area (Å²) in [5.74, 6) is -0.404. The molecule has 102 valence electrons. The van der Waals surface area contributed by atoms with E-state index in [-0.39, 0.29) is 36.0 Å². The molecule has 0 aliphatic carbocycles. The van der Waals surface area contributed by atoms with Gasteiger partial charge in [-0.3, -0.25) is 0 Å². The minimum absolute atomic E-state index is 0. The maximum atomic E-state index is 12.3. The van der Waals surface area contributed by atoms with Crippen LogP contribution >= 0.6 is 0 Å². The van der Waals surface area contributed by atoms with Gasteiger partial charge in [0.1, 0.15) is 0 Å². The molecule has 0 unspecified atom stereocenters. The van der Waals surface area contributed by atoms with E-state index in [1.54, 1.807) is 0 Å². The molecular weight excluding hydrogens is 408 g/mol. The van der Waals surface area contributed by atoms with E-state index >= 15 is 0 Å². The van der Waals surface area contributed by atoms with Crippen LogP contribution in [0.2, 0.25) is 4.47 Å². The molecule has 0 N–H and O–H groups in total. The van der Waals surface area contributed by atoms with Crippen molar-refractivity contribution in [2.75, 3.05) is 5.75 Å². The van der Waals surface area contributed by atoms with E-state index in [9.17, 15) is 26.1 Å². The third-order valence-electron chi connectivity index (χ3n) is 1.99. The number of rotatable bonds is 5. The zero-order chi connectivity index (χ0) is 13.8. The van der Waals surface area contributed by atoms with Crippen molar-refractivity contribution in [2.24, 2.45) is 0 Å². The molecule has 0 fully saturated rings. The van der Waals surface area contributed by atoms with E-state index < -0.39 is 48.5 Å². The van der Waals surface area contributed by atoms with Crippen molar-refractivity contribution in [1.82, 2.24) is 0 Å². The summed E-state index contributed by atoms with van der Waals surface area (Å²) in [6.45, 7) is 0. The Kier molecular flexibility index (Phi) is 8.53. The van der Waals surface area contributed by atoms with Gasteiger partial charge >= 0.3 is 143 Å². The van der Waals surface area contributed by atoms with Crippen LogP contribution in [0.25, 0.3) is 0 Å². The van der Waals surface area contributed by atoms with E-state index in [0.717, 1.165) is 15.7 Å². The fraction of sp³-hybridized carbons (Fsp3) is 0.400. The Balaban J connectivity index is 0.00000324. The van der Waals surface area contributed by atoms with Crippen molar-refractivity contribution < 1.29 is 55.7 Å². The summed E-state index contributed by atoms with van der Waals surface area (Å²) in [5.41, 5.74) is -0.694. The van der Waals surface area contributed by atoms with Gasteiger partial charge in [-0.15, -0.1) is 0 Å². The van der Waals surface area contributed by atoms with Crippen LogP contribution in [0.4, 0.5) is 13.2 Å². The first kappa shape index (κ1) is 19.7. The fourth-order valence-electron chi connectivity index (χ4n) is 1.17. The molecule has 19 heavy (non-hydrogen) atoms. The summed E-state index contributed by atoms with van der Waals surface area (Å²) in [6.07, 6.45) is -4.06. The first-order chi connectivity index (χ1) is 8.18. The summed E-state index contributed by atoms with van der Waals surface area (Å²) in [4.78, 5) is 0. The van der Waals surface area contributed by atoms with Gasteiger partial charge in [0.2, 0.25) is 0 Å². The molecule has 0 aliphatic heterocycles. The van der Waals surface area contributed by atoms with Crippen molar-refractivity contribution in [3.8, 4) is 0 Å². The van der Waals surface area contributed by atoms with Crippen LogP contribution in [0.5, 0.6) is 0 Å². The minimum Gasteiger partial charge on any atom is 1.00 e. The molecule has 0 saturated carbocycles. The topological polar surface area (TPSA) is 57.2 Å². The quantitative estimate of drug-likeness (QED) is 0.329. The van der Waals surface area contributed by atoms with Crippen molar-refractivity contribution in [3.05, 3.63) is 29.8 Å². The predicted octanol–water partition coefficient (Wildman–Crippen LogP) is -1.61. The number of benzene rings is 1. The van der Waals surface area contributed by atoms with Crippen molar-refractivity contribution in [2.45, 2.75) is 17.1 Å². The molecule has 0 bridgehead atoms. The molecular formula is C10H10F3NaO3STe. The van der Waals surface area contributed by atoms with E-state index in [2.05, 4.69) is 0 Å². The van der Waals surface area contributed by atoms with E-state index in [4.69, 9.17) is 0 Å². The average Bonchev–Trinajstić information content (AvgIpc) is 2.22. The molecule has 0 radical (unpaired) electrons. The van der Waals surface area contributed by atoms with Crippen molar-refractivity contribution in [1.29, 1.82) is 0 Å². The third kappa shape index (κ3) is 8.56. The van der Waals surface area contributed by atoms with Gasteiger partial charge in [0.15, 0.2) is 0 Å². The molecule has 0 saturated heterocycles. The van der Waals surface area contributed by atoms with Crippen LogP contribution in [0.1, 0.15) is 12.0 Å². The van der Waals surface area contributed by atoms with Crippen LogP contribution in [0.3, 0.4) is 0 Å². The van der Waals surface area contributed by atoms with Crippen LogP contribution in [-0.2, 0) is 16.3 Å². The Hall–Kier alpha value is 0.710. The molecule has 0 aromatic heterocycles. The molecule has 3 nitrogen and oxygen atoms in total. The van der Waals surface area contributed by atoms with E-state index in [0.29, 0.717) is 4.47 Å². The maximum absolute atomic E-state index is 12.3. The number of alkyl halides is 3. The van der Waals surface area contributed by atoms with Crippen molar-refractivity contribution >= 4 is 34.7 Å². The Morgan fingerprint density at radius 2 is 1.68 bits per heavy atom. The monoisotopic (exact) mass is 420 g/mol. The normalized spacial score (nSPS) is 12.0. The Morgan fingerprint density at radius 3 is 2.11 bits per heavy atom. The second-order valence-corrected chi connectivity index (χ2v) is 8.34. The molecule has 1 aromatic rings. The first-order valence-corrected chi connectivity index (χ1v) is 9.31. The Labute approximate surface area is 142 Å². The van der Waals surface area contributed by atoms with Gasteiger partial charge in [-0.2, -0.15) is 0 Å². The van der Waals surface area contributed by atoms with Gasteiger partial charge in [-0.1, -0.05) is 0 Å². The van der Waals surface area contributed by atoms with Gasteiger partial charge in [0.25, 0.3) is 0 Å². The maximum Gasteiger partial charge on any atom is 1.00 e. The molecule has 0 heterocycles. The number of hydrogen-bond donors (Lipinski definition) is 0. The standard InChI is InChI=1S/C10H11F3O3STe.Na/c11-10(12,13)8-2-4-9(5-3-8)18-7-1-6-17(14,15)16;/h2-5H,1,6-7H2,(H,14,15,16);/q;+1/p-1. The number of halogens is 3. The van der Waals surface area contributed by atoms with E-state index in [1.807, 2.05) is 0 Å². The second-order valence-electron chi connectivity index (χ2n) is 3.49. The molecule has 0 spiro atoms. The zero-order valence-electron chi connectivity index (χ0n) is 10.1. The Bertz CT molecular complexity index is 488. The fourth-order valence-corrected chi connectivity index (χ4v) is 4.67. The zero-order valence-corrected chi connectivity index (χ0v) is 15.3. The largest absolute Gasteiger partial charge is 1.00 e. The average molecular weight is 418 g/mol. The van der Waals surface area contributed by atoms with Crippen LogP contribution < -0.4 is 33.2 Å². The van der Waals surface area contributed by atoms with Gasteiger partial charge in [-0.25, -0.2) is 0 Å². The summed E-state index contributed by atoms with van der Waals surface area (Å²) in [6, 6.07) is 4.86. The Morgan fingerprint density at radius 1 is 1.16 bits per heavy atom. The molecule has 1 rings (SSSR count). The van der Waals surface area contributed by atoms with Gasteiger partial charge < -0.3 is 0 Å². The van der Waals surface area contributed by atoms with Gasteiger partial charge in [0, 0.05) is 0 Å². The molecule has 0 aliphatic rings. The molecule has 1 aromatic carbocycles. The van der Waals surface area contributed by atoms with Crippen molar-refractivity contribution in [3.63, 3.8) is 0 Å².